The van der Waals surface area contributed by atoms with E-state index in [1.54, 1.807) is 19.2 Å². The van der Waals surface area contributed by atoms with Crippen LogP contribution in [0, 0.1) is 5.82 Å². The largest absolute Gasteiger partial charge is 0.474 e. The van der Waals surface area contributed by atoms with Gasteiger partial charge >= 0.3 is 12.1 Å². The lowest BCUT2D eigenvalue weighted by Gasteiger charge is -2.22. The van der Waals surface area contributed by atoms with Gasteiger partial charge in [-0.3, -0.25) is 0 Å². The number of hydrogen-bond donors (Lipinski definition) is 2. The number of fused-ring (bicyclic) bond motifs is 1. The molecular formula is C26H33FN6O5. The number of pyridine rings is 1. The number of halogens is 1. The molecule has 0 bridgehead atoms. The lowest BCUT2D eigenvalue weighted by Crippen LogP contribution is -2.38. The molecule has 4 rings (SSSR count). The standard InChI is InChI=1S/C26H33FN6O5/c1-6-36-24(34)20-14-29-33-10-9-21(32-22(20)33)30-15(2)19-11-16(27)13-28-23(19)37-18-8-7-17(12-18)31-25(35)38-26(3,4)5/h9-11,13-15,17-18H,6-8,12H2,1-5H3,(H,30,32)(H,31,35)/t15-,17?,18?/m1/s1. The summed E-state index contributed by atoms with van der Waals surface area (Å²) in [5.74, 6) is -0.261. The maximum absolute atomic E-state index is 14.2. The van der Waals surface area contributed by atoms with E-state index in [2.05, 4.69) is 25.7 Å². The number of ether oxygens (including phenoxy) is 3. The minimum absolute atomic E-state index is 0.0885. The van der Waals surface area contributed by atoms with Crippen molar-refractivity contribution in [2.75, 3.05) is 11.9 Å². The number of nitrogens with one attached hydrogen (secondary N) is 2. The Morgan fingerprint density at radius 3 is 2.79 bits per heavy atom. The van der Waals surface area contributed by atoms with E-state index in [1.807, 2.05) is 27.7 Å². The van der Waals surface area contributed by atoms with Gasteiger partial charge in [-0.25, -0.2) is 28.5 Å². The third-order valence-corrected chi connectivity index (χ3v) is 5.92. The van der Waals surface area contributed by atoms with E-state index in [9.17, 15) is 14.0 Å². The smallest absolute Gasteiger partial charge is 0.407 e. The zero-order chi connectivity index (χ0) is 27.4. The molecule has 2 unspecified atom stereocenters. The molecule has 12 heteroatoms. The highest BCUT2D eigenvalue weighted by Crippen LogP contribution is 2.31. The second-order valence-corrected chi connectivity index (χ2v) is 10.2. The maximum Gasteiger partial charge on any atom is 0.407 e. The predicted octanol–water partition coefficient (Wildman–Crippen LogP) is 4.44. The van der Waals surface area contributed by atoms with Crippen LogP contribution in [0.15, 0.2) is 30.7 Å². The van der Waals surface area contributed by atoms with Crippen molar-refractivity contribution in [3.8, 4) is 5.88 Å². The van der Waals surface area contributed by atoms with E-state index in [1.165, 1.54) is 16.8 Å². The Labute approximate surface area is 220 Å². The van der Waals surface area contributed by atoms with Crippen LogP contribution in [0.1, 0.15) is 75.8 Å². The quantitative estimate of drug-likeness (QED) is 0.408. The highest BCUT2D eigenvalue weighted by molar-refractivity contribution is 5.95. The molecule has 0 aromatic carbocycles. The van der Waals surface area contributed by atoms with Crippen LogP contribution in [0.5, 0.6) is 5.88 Å². The number of aromatic nitrogens is 4. The van der Waals surface area contributed by atoms with Crippen molar-refractivity contribution < 1.29 is 28.2 Å². The third-order valence-electron chi connectivity index (χ3n) is 5.92. The zero-order valence-electron chi connectivity index (χ0n) is 22.2. The summed E-state index contributed by atoms with van der Waals surface area (Å²) in [7, 11) is 0. The van der Waals surface area contributed by atoms with Crippen molar-refractivity contribution in [1.29, 1.82) is 0 Å². The third kappa shape index (κ3) is 6.67. The molecule has 3 aromatic rings. The number of anilines is 1. The molecule has 0 aliphatic heterocycles. The average Bonchev–Trinajstić information content (AvgIpc) is 3.45. The van der Waals surface area contributed by atoms with E-state index in [-0.39, 0.29) is 24.3 Å². The Bertz CT molecular complexity index is 1310. The molecule has 38 heavy (non-hydrogen) atoms. The summed E-state index contributed by atoms with van der Waals surface area (Å²) in [6, 6.07) is 2.54. The van der Waals surface area contributed by atoms with Crippen LogP contribution in [-0.2, 0) is 9.47 Å². The van der Waals surface area contributed by atoms with E-state index in [4.69, 9.17) is 14.2 Å². The average molecular weight is 529 g/mol. The van der Waals surface area contributed by atoms with Gasteiger partial charge in [0.15, 0.2) is 5.65 Å². The summed E-state index contributed by atoms with van der Waals surface area (Å²) in [5, 5.41) is 10.2. The number of carbonyl (C=O) groups excluding carboxylic acids is 2. The fraction of sp³-hybridized carbons (Fsp3) is 0.500. The second kappa shape index (κ2) is 11.2. The molecule has 0 spiro atoms. The van der Waals surface area contributed by atoms with Crippen molar-refractivity contribution >= 4 is 23.5 Å². The van der Waals surface area contributed by atoms with Crippen LogP contribution >= 0.6 is 0 Å². The normalized spacial score (nSPS) is 18.2. The monoisotopic (exact) mass is 528 g/mol. The Morgan fingerprint density at radius 1 is 1.26 bits per heavy atom. The molecule has 0 saturated heterocycles. The molecule has 1 saturated carbocycles. The molecule has 0 radical (unpaired) electrons. The van der Waals surface area contributed by atoms with Crippen molar-refractivity contribution in [1.82, 2.24) is 24.9 Å². The molecular weight excluding hydrogens is 495 g/mol. The first-order chi connectivity index (χ1) is 18.0. The van der Waals surface area contributed by atoms with Gasteiger partial charge in [0.25, 0.3) is 0 Å². The Balaban J connectivity index is 1.45. The summed E-state index contributed by atoms with van der Waals surface area (Å²) in [5.41, 5.74) is 0.514. The van der Waals surface area contributed by atoms with Gasteiger partial charge in [0, 0.05) is 24.2 Å². The summed E-state index contributed by atoms with van der Waals surface area (Å²) in [6.45, 7) is 9.23. The van der Waals surface area contributed by atoms with Gasteiger partial charge in [0.05, 0.1) is 25.0 Å². The fourth-order valence-electron chi connectivity index (χ4n) is 4.26. The van der Waals surface area contributed by atoms with Crippen molar-refractivity contribution in [2.24, 2.45) is 0 Å². The number of carbonyl (C=O) groups is 2. The SMILES string of the molecule is CCOC(=O)c1cnn2ccc(N[C@H](C)c3cc(F)cnc3OC3CCC(NC(=O)OC(C)(C)C)C3)nc12. The van der Waals surface area contributed by atoms with E-state index >= 15 is 0 Å². The molecule has 1 fully saturated rings. The number of nitrogens with zero attached hydrogens (tertiary/aromatic N) is 4. The second-order valence-electron chi connectivity index (χ2n) is 10.2. The molecule has 3 atom stereocenters. The van der Waals surface area contributed by atoms with Gasteiger partial charge in [-0.2, -0.15) is 5.10 Å². The van der Waals surface area contributed by atoms with Crippen LogP contribution in [0.3, 0.4) is 0 Å². The van der Waals surface area contributed by atoms with Crippen molar-refractivity contribution in [3.63, 3.8) is 0 Å². The van der Waals surface area contributed by atoms with Gasteiger partial charge in [-0.1, -0.05) is 0 Å². The number of esters is 1. The topological polar surface area (TPSA) is 129 Å². The van der Waals surface area contributed by atoms with E-state index in [0.717, 1.165) is 12.6 Å². The first kappa shape index (κ1) is 27.1. The molecule has 1 aliphatic carbocycles. The Kier molecular flexibility index (Phi) is 7.98. The molecule has 204 valence electrons. The number of hydrogen-bond acceptors (Lipinski definition) is 9. The summed E-state index contributed by atoms with van der Waals surface area (Å²) < 4.78 is 32.2. The van der Waals surface area contributed by atoms with Gasteiger partial charge in [0.2, 0.25) is 5.88 Å². The Morgan fingerprint density at radius 2 is 2.05 bits per heavy atom. The van der Waals surface area contributed by atoms with Gasteiger partial charge < -0.3 is 24.8 Å². The highest BCUT2D eigenvalue weighted by Gasteiger charge is 2.30. The molecule has 1 aliphatic rings. The zero-order valence-corrected chi connectivity index (χ0v) is 22.2. The van der Waals surface area contributed by atoms with Gasteiger partial charge in [-0.15, -0.1) is 0 Å². The van der Waals surface area contributed by atoms with Crippen LogP contribution in [0.25, 0.3) is 5.65 Å². The molecule has 11 nitrogen and oxygen atoms in total. The Hall–Kier alpha value is -3.96. The molecule has 3 aromatic heterocycles. The molecule has 3 heterocycles. The fourth-order valence-corrected chi connectivity index (χ4v) is 4.26. The van der Waals surface area contributed by atoms with Crippen molar-refractivity contribution in [3.05, 3.63) is 47.7 Å². The minimum Gasteiger partial charge on any atom is -0.474 e. The summed E-state index contributed by atoms with van der Waals surface area (Å²) in [4.78, 5) is 33.0. The van der Waals surface area contributed by atoms with Crippen LogP contribution in [0.4, 0.5) is 15.0 Å². The lowest BCUT2D eigenvalue weighted by molar-refractivity contribution is 0.0498. The maximum atomic E-state index is 14.2. The van der Waals surface area contributed by atoms with E-state index in [0.29, 0.717) is 35.8 Å². The van der Waals surface area contributed by atoms with Crippen LogP contribution in [0.2, 0.25) is 0 Å². The molecule has 1 amide bonds. The van der Waals surface area contributed by atoms with Crippen LogP contribution in [-0.4, -0.2) is 56.0 Å². The van der Waals surface area contributed by atoms with Gasteiger partial charge in [-0.05, 0) is 59.6 Å². The van der Waals surface area contributed by atoms with Crippen molar-refractivity contribution in [2.45, 2.75) is 77.7 Å². The predicted molar refractivity (Wildman–Crippen MR) is 137 cm³/mol. The summed E-state index contributed by atoms with van der Waals surface area (Å²) >= 11 is 0. The number of rotatable bonds is 8. The highest BCUT2D eigenvalue weighted by atomic mass is 19.1. The number of alkyl carbamates (subject to hydrolysis) is 1. The van der Waals surface area contributed by atoms with Gasteiger partial charge in [0.1, 0.15) is 28.9 Å². The lowest BCUT2D eigenvalue weighted by atomic mass is 10.1. The number of amides is 1. The first-order valence-corrected chi connectivity index (χ1v) is 12.6. The molecule has 2 N–H and O–H groups in total. The van der Waals surface area contributed by atoms with Crippen LogP contribution < -0.4 is 15.4 Å². The minimum atomic E-state index is -0.577. The summed E-state index contributed by atoms with van der Waals surface area (Å²) in [6.07, 6.45) is 5.53. The first-order valence-electron chi connectivity index (χ1n) is 12.6. The van der Waals surface area contributed by atoms with E-state index < -0.39 is 29.5 Å².